The second kappa shape index (κ2) is 10.8. The molecule has 1 atom stereocenters. The molecule has 0 bridgehead atoms. The molecule has 1 saturated carbocycles. The van der Waals surface area contributed by atoms with Gasteiger partial charge in [0.15, 0.2) is 5.13 Å². The molecule has 1 heterocycles. The molecule has 1 aliphatic rings. The first kappa shape index (κ1) is 24.4. The number of carbonyl (C=O) groups excluding carboxylic acids is 2. The number of rotatable bonds is 8. The van der Waals surface area contributed by atoms with Crippen molar-refractivity contribution in [1.29, 1.82) is 0 Å². The topological polar surface area (TPSA) is 71.1 Å². The van der Waals surface area contributed by atoms with E-state index in [-0.39, 0.29) is 17.7 Å². The minimum atomic E-state index is -0.487. The smallest absolute Gasteiger partial charge is 0.244 e. The molecule has 1 aromatic heterocycles. The first-order valence-corrected chi connectivity index (χ1v) is 14.3. The molecular weight excluding hydrogens is 510 g/mol. The Bertz CT molecular complexity index is 1610. The van der Waals surface area contributed by atoms with Gasteiger partial charge >= 0.3 is 0 Å². The molecule has 0 radical (unpaired) electrons. The molecule has 1 fully saturated rings. The summed E-state index contributed by atoms with van der Waals surface area (Å²) in [5.74, 6) is 0.0514. The van der Waals surface area contributed by atoms with Crippen LogP contribution in [0.15, 0.2) is 107 Å². The molecule has 7 heteroatoms. The molecule has 6 rings (SSSR count). The van der Waals surface area contributed by atoms with Crippen LogP contribution in [0.4, 0.5) is 10.8 Å². The molecular formula is C31H25N3O2S2. The predicted molar refractivity (Wildman–Crippen MR) is 157 cm³/mol. The summed E-state index contributed by atoms with van der Waals surface area (Å²) in [6.45, 7) is 0. The van der Waals surface area contributed by atoms with E-state index in [1.54, 1.807) is 0 Å². The Hall–Kier alpha value is -3.94. The molecule has 5 aromatic rings. The van der Waals surface area contributed by atoms with Crippen molar-refractivity contribution in [2.24, 2.45) is 5.92 Å². The minimum Gasteiger partial charge on any atom is -0.326 e. The van der Waals surface area contributed by atoms with Gasteiger partial charge in [0.1, 0.15) is 5.25 Å². The lowest BCUT2D eigenvalue weighted by Crippen LogP contribution is -2.19. The highest BCUT2D eigenvalue weighted by molar-refractivity contribution is 8.00. The largest absolute Gasteiger partial charge is 0.326 e. The van der Waals surface area contributed by atoms with Crippen LogP contribution in [0.2, 0.25) is 0 Å². The fraction of sp³-hybridized carbons (Fsp3) is 0.129. The summed E-state index contributed by atoms with van der Waals surface area (Å²) in [4.78, 5) is 31.4. The van der Waals surface area contributed by atoms with Crippen LogP contribution >= 0.6 is 23.1 Å². The van der Waals surface area contributed by atoms with Gasteiger partial charge in [-0.1, -0.05) is 72.8 Å². The molecule has 0 aliphatic heterocycles. The Morgan fingerprint density at radius 3 is 2.45 bits per heavy atom. The number of aromatic nitrogens is 1. The fourth-order valence-electron chi connectivity index (χ4n) is 4.26. The zero-order chi connectivity index (χ0) is 25.9. The summed E-state index contributed by atoms with van der Waals surface area (Å²) in [6.07, 6.45) is 1.91. The van der Waals surface area contributed by atoms with Gasteiger partial charge < -0.3 is 10.6 Å². The lowest BCUT2D eigenvalue weighted by atomic mass is 10.1. The van der Waals surface area contributed by atoms with E-state index in [1.807, 2.05) is 72.1 Å². The number of hydrogen-bond donors (Lipinski definition) is 2. The predicted octanol–water partition coefficient (Wildman–Crippen LogP) is 7.78. The van der Waals surface area contributed by atoms with Crippen molar-refractivity contribution >= 4 is 56.5 Å². The molecule has 1 aliphatic carbocycles. The van der Waals surface area contributed by atoms with Crippen LogP contribution in [0.5, 0.6) is 0 Å². The van der Waals surface area contributed by atoms with Gasteiger partial charge in [-0.3, -0.25) is 9.59 Å². The van der Waals surface area contributed by atoms with Crippen molar-refractivity contribution in [3.8, 4) is 11.3 Å². The monoisotopic (exact) mass is 535 g/mol. The van der Waals surface area contributed by atoms with E-state index in [0.717, 1.165) is 45.6 Å². The van der Waals surface area contributed by atoms with E-state index >= 15 is 0 Å². The zero-order valence-corrected chi connectivity index (χ0v) is 22.1. The number of thioether (sulfide) groups is 1. The minimum absolute atomic E-state index is 0.0653. The van der Waals surface area contributed by atoms with Crippen LogP contribution in [0.3, 0.4) is 0 Å². The number of carbonyl (C=O) groups is 2. The Labute approximate surface area is 229 Å². The summed E-state index contributed by atoms with van der Waals surface area (Å²) in [7, 11) is 0. The number of benzene rings is 4. The number of nitrogens with zero attached hydrogens (tertiary/aromatic N) is 1. The van der Waals surface area contributed by atoms with Crippen LogP contribution in [0, 0.1) is 5.92 Å². The summed E-state index contributed by atoms with van der Waals surface area (Å²) < 4.78 is 0. The Morgan fingerprint density at radius 2 is 1.63 bits per heavy atom. The van der Waals surface area contributed by atoms with E-state index in [1.165, 1.54) is 28.5 Å². The number of anilines is 2. The van der Waals surface area contributed by atoms with Crippen molar-refractivity contribution < 1.29 is 9.59 Å². The fourth-order valence-corrected chi connectivity index (χ4v) is 6.06. The van der Waals surface area contributed by atoms with Crippen molar-refractivity contribution in [2.45, 2.75) is 23.0 Å². The average molecular weight is 536 g/mol. The molecule has 188 valence electrons. The normalized spacial score (nSPS) is 13.7. The molecule has 4 aromatic carbocycles. The second-order valence-electron chi connectivity index (χ2n) is 9.29. The number of thiazole rings is 1. The summed E-state index contributed by atoms with van der Waals surface area (Å²) in [5, 5.41) is 10.4. The average Bonchev–Trinajstić information content (AvgIpc) is 3.71. The number of amides is 2. The quantitative estimate of drug-likeness (QED) is 0.199. The van der Waals surface area contributed by atoms with Gasteiger partial charge in [0, 0.05) is 27.4 Å². The van der Waals surface area contributed by atoms with Crippen LogP contribution in [0.25, 0.3) is 22.0 Å². The third-order valence-corrected chi connectivity index (χ3v) is 8.43. The first-order chi connectivity index (χ1) is 18.6. The number of hydrogen-bond acceptors (Lipinski definition) is 5. The van der Waals surface area contributed by atoms with Gasteiger partial charge in [0.05, 0.1) is 5.69 Å². The van der Waals surface area contributed by atoms with Crippen molar-refractivity contribution in [2.75, 3.05) is 10.6 Å². The molecule has 38 heavy (non-hydrogen) atoms. The molecule has 5 nitrogen and oxygen atoms in total. The maximum atomic E-state index is 13.6. The molecule has 0 saturated heterocycles. The summed E-state index contributed by atoms with van der Waals surface area (Å²) >= 11 is 2.87. The first-order valence-electron chi connectivity index (χ1n) is 12.5. The van der Waals surface area contributed by atoms with E-state index in [4.69, 9.17) is 4.98 Å². The SMILES string of the molecule is O=C(Nc1cccc(SC(C(=O)Nc2nc(-c3ccc4ccccc4c3)cs2)c2ccccc2)c1)C1CC1. The zero-order valence-electron chi connectivity index (χ0n) is 20.5. The summed E-state index contributed by atoms with van der Waals surface area (Å²) in [6, 6.07) is 31.9. The van der Waals surface area contributed by atoms with E-state index < -0.39 is 5.25 Å². The third-order valence-electron chi connectivity index (χ3n) is 6.42. The van der Waals surface area contributed by atoms with Crippen molar-refractivity contribution in [1.82, 2.24) is 4.98 Å². The van der Waals surface area contributed by atoms with Gasteiger partial charge in [0.25, 0.3) is 0 Å². The molecule has 2 amide bonds. The molecule has 2 N–H and O–H groups in total. The van der Waals surface area contributed by atoms with Gasteiger partial charge in [-0.05, 0) is 53.4 Å². The highest BCUT2D eigenvalue weighted by atomic mass is 32.2. The Morgan fingerprint density at radius 1 is 0.842 bits per heavy atom. The van der Waals surface area contributed by atoms with Crippen molar-refractivity contribution in [3.63, 3.8) is 0 Å². The Kier molecular flexibility index (Phi) is 6.94. The molecule has 0 spiro atoms. The van der Waals surface area contributed by atoms with Crippen LogP contribution in [0.1, 0.15) is 23.7 Å². The van der Waals surface area contributed by atoms with Gasteiger partial charge in [0.2, 0.25) is 11.8 Å². The van der Waals surface area contributed by atoms with E-state index in [0.29, 0.717) is 5.13 Å². The van der Waals surface area contributed by atoms with Crippen LogP contribution < -0.4 is 10.6 Å². The maximum absolute atomic E-state index is 13.6. The van der Waals surface area contributed by atoms with E-state index in [9.17, 15) is 9.59 Å². The lowest BCUT2D eigenvalue weighted by molar-refractivity contribution is -0.117. The highest BCUT2D eigenvalue weighted by Gasteiger charge is 2.29. The standard InChI is InChI=1S/C31H25N3O2S2/c35-29(22-14-15-22)32-25-11-6-12-26(18-25)38-28(21-8-2-1-3-9-21)30(36)34-31-33-27(19-37-31)24-16-13-20-7-4-5-10-23(20)17-24/h1-13,16-19,22,28H,14-15H2,(H,32,35)(H,33,34,36). The number of nitrogens with one attached hydrogen (secondary N) is 2. The lowest BCUT2D eigenvalue weighted by Gasteiger charge is -2.17. The van der Waals surface area contributed by atoms with Crippen molar-refractivity contribution in [3.05, 3.63) is 108 Å². The van der Waals surface area contributed by atoms with Crippen LogP contribution in [-0.2, 0) is 9.59 Å². The van der Waals surface area contributed by atoms with Gasteiger partial charge in [-0.2, -0.15) is 0 Å². The maximum Gasteiger partial charge on any atom is 0.244 e. The van der Waals surface area contributed by atoms with Crippen LogP contribution in [-0.4, -0.2) is 16.8 Å². The third kappa shape index (κ3) is 5.64. The van der Waals surface area contributed by atoms with Gasteiger partial charge in [-0.15, -0.1) is 23.1 Å². The highest BCUT2D eigenvalue weighted by Crippen LogP contribution is 2.38. The van der Waals surface area contributed by atoms with Gasteiger partial charge in [-0.25, -0.2) is 4.98 Å². The molecule has 1 unspecified atom stereocenters. The Balaban J connectivity index is 1.21. The summed E-state index contributed by atoms with van der Waals surface area (Å²) in [5.41, 5.74) is 3.49. The van der Waals surface area contributed by atoms with E-state index in [2.05, 4.69) is 41.0 Å². The second-order valence-corrected chi connectivity index (χ2v) is 11.3. The number of fused-ring (bicyclic) bond motifs is 1.